The molecule has 1 unspecified atom stereocenters. The van der Waals surface area contributed by atoms with Crippen LogP contribution in [0.4, 0.5) is 0 Å². The van der Waals surface area contributed by atoms with Crippen LogP contribution in [-0.4, -0.2) is 52.7 Å². The van der Waals surface area contributed by atoms with Crippen LogP contribution in [0.25, 0.3) is 11.1 Å². The summed E-state index contributed by atoms with van der Waals surface area (Å²) in [6.45, 7) is 0.740. The van der Waals surface area contributed by atoms with E-state index in [1.54, 1.807) is 0 Å². The summed E-state index contributed by atoms with van der Waals surface area (Å²) < 4.78 is 10.7. The monoisotopic (exact) mass is 304 g/mol. The van der Waals surface area contributed by atoms with E-state index in [-0.39, 0.29) is 25.5 Å². The molecule has 1 aromatic carbocycles. The van der Waals surface area contributed by atoms with Gasteiger partial charge in [0, 0.05) is 19.4 Å². The summed E-state index contributed by atoms with van der Waals surface area (Å²) in [6, 6.07) is 7.42. The lowest BCUT2D eigenvalue weighted by atomic mass is 10.2. The van der Waals surface area contributed by atoms with E-state index in [0.29, 0.717) is 24.4 Å². The Kier molecular flexibility index (Phi) is 4.06. The van der Waals surface area contributed by atoms with E-state index in [1.165, 1.54) is 4.90 Å². The van der Waals surface area contributed by atoms with E-state index in [0.717, 1.165) is 5.52 Å². The number of oxazole rings is 1. The minimum absolute atomic E-state index is 0.0850. The number of ether oxygens (including phenoxy) is 1. The number of hydrogen-bond acceptors (Lipinski definition) is 5. The summed E-state index contributed by atoms with van der Waals surface area (Å²) >= 11 is 0. The second-order valence-electron chi connectivity index (χ2n) is 5.11. The zero-order valence-electron chi connectivity index (χ0n) is 11.9. The molecule has 0 aliphatic carbocycles. The van der Waals surface area contributed by atoms with Gasteiger partial charge in [0.05, 0.1) is 13.2 Å². The van der Waals surface area contributed by atoms with Gasteiger partial charge in [-0.15, -0.1) is 0 Å². The number of morpholine rings is 1. The maximum Gasteiger partial charge on any atom is 0.334 e. The van der Waals surface area contributed by atoms with Crippen molar-refractivity contribution in [3.8, 4) is 0 Å². The number of aromatic nitrogens is 1. The van der Waals surface area contributed by atoms with E-state index in [1.807, 2.05) is 24.3 Å². The molecule has 1 aliphatic heterocycles. The topological polar surface area (TPSA) is 92.9 Å². The summed E-state index contributed by atoms with van der Waals surface area (Å²) in [6.07, 6.45) is -0.316. The van der Waals surface area contributed by atoms with Gasteiger partial charge < -0.3 is 19.2 Å². The number of amides is 1. The van der Waals surface area contributed by atoms with Crippen LogP contribution >= 0.6 is 0 Å². The summed E-state index contributed by atoms with van der Waals surface area (Å²) in [5, 5.41) is 8.94. The zero-order valence-corrected chi connectivity index (χ0v) is 11.9. The number of aryl methyl sites for hydroxylation is 1. The standard InChI is InChI=1S/C15H16N2O5/c18-14(17-7-8-21-12(9-17)15(19)20)6-5-13-16-10-3-1-2-4-11(10)22-13/h1-4,12H,5-9H2,(H,19,20). The molecule has 7 heteroatoms. The number of fused-ring (bicyclic) bond motifs is 1. The fourth-order valence-corrected chi connectivity index (χ4v) is 2.42. The lowest BCUT2D eigenvalue weighted by Gasteiger charge is -2.30. The molecule has 1 saturated heterocycles. The largest absolute Gasteiger partial charge is 0.479 e. The zero-order chi connectivity index (χ0) is 15.5. The average molecular weight is 304 g/mol. The fraction of sp³-hybridized carbons (Fsp3) is 0.400. The molecule has 0 saturated carbocycles. The Hall–Kier alpha value is -2.41. The van der Waals surface area contributed by atoms with Crippen molar-refractivity contribution in [2.24, 2.45) is 0 Å². The van der Waals surface area contributed by atoms with Crippen molar-refractivity contribution in [3.05, 3.63) is 30.2 Å². The molecule has 1 amide bonds. The molecule has 1 aromatic heterocycles. The first-order valence-corrected chi connectivity index (χ1v) is 7.10. The predicted molar refractivity (Wildman–Crippen MR) is 76.3 cm³/mol. The third kappa shape index (κ3) is 3.09. The number of aliphatic carboxylic acids is 1. The Balaban J connectivity index is 1.58. The molecular formula is C15H16N2O5. The van der Waals surface area contributed by atoms with E-state index in [4.69, 9.17) is 14.3 Å². The maximum atomic E-state index is 12.2. The van der Waals surface area contributed by atoms with Crippen molar-refractivity contribution >= 4 is 23.0 Å². The number of carboxylic acids is 1. The van der Waals surface area contributed by atoms with Crippen LogP contribution in [0.5, 0.6) is 0 Å². The molecular weight excluding hydrogens is 288 g/mol. The Labute approximate surface area is 126 Å². The first kappa shape index (κ1) is 14.5. The predicted octanol–water partition coefficient (Wildman–Crippen LogP) is 1.07. The van der Waals surface area contributed by atoms with Crippen molar-refractivity contribution in [3.63, 3.8) is 0 Å². The van der Waals surface area contributed by atoms with Gasteiger partial charge in [-0.05, 0) is 12.1 Å². The quantitative estimate of drug-likeness (QED) is 0.908. The third-order valence-corrected chi connectivity index (χ3v) is 3.59. The van der Waals surface area contributed by atoms with Crippen LogP contribution in [-0.2, 0) is 20.7 Å². The normalized spacial score (nSPS) is 18.5. The van der Waals surface area contributed by atoms with Crippen LogP contribution in [0.2, 0.25) is 0 Å². The fourth-order valence-electron chi connectivity index (χ4n) is 2.42. The molecule has 116 valence electrons. The Morgan fingerprint density at radius 1 is 1.36 bits per heavy atom. The highest BCUT2D eigenvalue weighted by atomic mass is 16.5. The summed E-state index contributed by atoms with van der Waals surface area (Å²) in [5.41, 5.74) is 1.46. The summed E-state index contributed by atoms with van der Waals surface area (Å²) in [7, 11) is 0. The second-order valence-corrected chi connectivity index (χ2v) is 5.11. The van der Waals surface area contributed by atoms with Crippen molar-refractivity contribution in [2.75, 3.05) is 19.7 Å². The van der Waals surface area contributed by atoms with E-state index < -0.39 is 12.1 Å². The number of nitrogens with zero attached hydrogens (tertiary/aromatic N) is 2. The van der Waals surface area contributed by atoms with Gasteiger partial charge in [-0.3, -0.25) is 4.79 Å². The number of rotatable bonds is 4. The first-order chi connectivity index (χ1) is 10.6. The molecule has 22 heavy (non-hydrogen) atoms. The van der Waals surface area contributed by atoms with Crippen LogP contribution in [0, 0.1) is 0 Å². The number of carbonyl (C=O) groups excluding carboxylic acids is 1. The Morgan fingerprint density at radius 2 is 2.18 bits per heavy atom. The molecule has 0 radical (unpaired) electrons. The van der Waals surface area contributed by atoms with Gasteiger partial charge in [-0.25, -0.2) is 9.78 Å². The van der Waals surface area contributed by atoms with Gasteiger partial charge in [-0.2, -0.15) is 0 Å². The number of hydrogen-bond donors (Lipinski definition) is 1. The first-order valence-electron chi connectivity index (χ1n) is 7.10. The Morgan fingerprint density at radius 3 is 2.95 bits per heavy atom. The number of para-hydroxylation sites is 2. The molecule has 0 spiro atoms. The minimum Gasteiger partial charge on any atom is -0.479 e. The van der Waals surface area contributed by atoms with Crippen molar-refractivity contribution in [1.82, 2.24) is 9.88 Å². The maximum absolute atomic E-state index is 12.2. The lowest BCUT2D eigenvalue weighted by molar-refractivity contribution is -0.159. The smallest absolute Gasteiger partial charge is 0.334 e. The molecule has 1 fully saturated rings. The molecule has 0 bridgehead atoms. The van der Waals surface area contributed by atoms with Gasteiger partial charge in [0.2, 0.25) is 5.91 Å². The summed E-state index contributed by atoms with van der Waals surface area (Å²) in [5.74, 6) is -0.647. The number of benzene rings is 1. The van der Waals surface area contributed by atoms with Crippen LogP contribution in [0.15, 0.2) is 28.7 Å². The SMILES string of the molecule is O=C(O)C1CN(C(=O)CCc2nc3ccccc3o2)CCO1. The van der Waals surface area contributed by atoms with E-state index >= 15 is 0 Å². The molecule has 1 atom stereocenters. The van der Waals surface area contributed by atoms with E-state index in [2.05, 4.69) is 4.98 Å². The lowest BCUT2D eigenvalue weighted by Crippen LogP contribution is -2.48. The van der Waals surface area contributed by atoms with Crippen molar-refractivity contribution in [2.45, 2.75) is 18.9 Å². The summed E-state index contributed by atoms with van der Waals surface area (Å²) in [4.78, 5) is 28.9. The van der Waals surface area contributed by atoms with Crippen LogP contribution in [0.1, 0.15) is 12.3 Å². The van der Waals surface area contributed by atoms with Gasteiger partial charge in [-0.1, -0.05) is 12.1 Å². The van der Waals surface area contributed by atoms with Crippen molar-refractivity contribution in [1.29, 1.82) is 0 Å². The highest BCUT2D eigenvalue weighted by Gasteiger charge is 2.28. The molecule has 1 aliphatic rings. The second kappa shape index (κ2) is 6.15. The highest BCUT2D eigenvalue weighted by molar-refractivity contribution is 5.79. The van der Waals surface area contributed by atoms with E-state index in [9.17, 15) is 9.59 Å². The molecule has 7 nitrogen and oxygen atoms in total. The van der Waals surface area contributed by atoms with Gasteiger partial charge in [0.1, 0.15) is 5.52 Å². The highest BCUT2D eigenvalue weighted by Crippen LogP contribution is 2.16. The third-order valence-electron chi connectivity index (χ3n) is 3.59. The van der Waals surface area contributed by atoms with Gasteiger partial charge in [0.25, 0.3) is 0 Å². The number of carbonyl (C=O) groups is 2. The molecule has 1 N–H and O–H groups in total. The Bertz CT molecular complexity index is 663. The van der Waals surface area contributed by atoms with Gasteiger partial charge in [0.15, 0.2) is 17.6 Å². The molecule has 2 heterocycles. The average Bonchev–Trinajstić information content (AvgIpc) is 2.95. The minimum atomic E-state index is -1.04. The number of carboxylic acid groups (broad SMARTS) is 1. The van der Waals surface area contributed by atoms with Crippen LogP contribution in [0.3, 0.4) is 0 Å². The molecule has 2 aromatic rings. The van der Waals surface area contributed by atoms with Crippen molar-refractivity contribution < 1.29 is 23.8 Å². The van der Waals surface area contributed by atoms with Gasteiger partial charge >= 0.3 is 5.97 Å². The molecule has 3 rings (SSSR count). The van der Waals surface area contributed by atoms with Crippen LogP contribution < -0.4 is 0 Å².